The number of aliphatic hydroxyl groups excluding tert-OH is 1. The molecule has 0 saturated carbocycles. The summed E-state index contributed by atoms with van der Waals surface area (Å²) in [6.45, 7) is -0.161. The number of hydrogen-bond donors (Lipinski definition) is 3. The third-order valence-corrected chi connectivity index (χ3v) is 4.28. The highest BCUT2D eigenvalue weighted by atomic mass is 32.2. The Morgan fingerprint density at radius 1 is 1.56 bits per heavy atom. The zero-order valence-corrected chi connectivity index (χ0v) is 9.68. The predicted molar refractivity (Wildman–Crippen MR) is 59.6 cm³/mol. The fourth-order valence-corrected chi connectivity index (χ4v) is 3.27. The molecule has 6 nitrogen and oxygen atoms in total. The van der Waals surface area contributed by atoms with Gasteiger partial charge >= 0.3 is 0 Å². The number of nitrogens with one attached hydrogen (secondary N) is 2. The average molecular weight is 259 g/mol. The van der Waals surface area contributed by atoms with Crippen LogP contribution in [0.15, 0.2) is 28.7 Å². The molecule has 0 aromatic carbocycles. The van der Waals surface area contributed by atoms with Gasteiger partial charge in [-0.05, 0) is 6.07 Å². The quantitative estimate of drug-likeness (QED) is 0.755. The molecule has 2 rings (SSSR count). The van der Waals surface area contributed by atoms with Crippen LogP contribution in [0.2, 0.25) is 0 Å². The van der Waals surface area contributed by atoms with Crippen molar-refractivity contribution in [2.75, 3.05) is 4.72 Å². The molecule has 3 N–H and O–H groups in total. The molecular formula is C8H9N3O3S2. The van der Waals surface area contributed by atoms with Crippen LogP contribution in [0.1, 0.15) is 4.88 Å². The summed E-state index contributed by atoms with van der Waals surface area (Å²) in [4.78, 5) is 0.746. The van der Waals surface area contributed by atoms with Crippen molar-refractivity contribution >= 4 is 27.0 Å². The van der Waals surface area contributed by atoms with Crippen molar-refractivity contribution in [3.8, 4) is 0 Å². The van der Waals surface area contributed by atoms with Gasteiger partial charge in [0.15, 0.2) is 0 Å². The number of nitrogens with zero attached hydrogens (tertiary/aromatic N) is 1. The monoisotopic (exact) mass is 259 g/mol. The Balaban J connectivity index is 2.25. The van der Waals surface area contributed by atoms with Crippen molar-refractivity contribution in [2.45, 2.75) is 11.5 Å². The number of sulfonamides is 1. The van der Waals surface area contributed by atoms with Crippen LogP contribution in [0.3, 0.4) is 0 Å². The molecule has 86 valence electrons. The van der Waals surface area contributed by atoms with E-state index in [1.807, 2.05) is 0 Å². The van der Waals surface area contributed by atoms with Crippen molar-refractivity contribution in [3.63, 3.8) is 0 Å². The van der Waals surface area contributed by atoms with Crippen LogP contribution in [-0.2, 0) is 16.6 Å². The lowest BCUT2D eigenvalue weighted by Crippen LogP contribution is -2.11. The van der Waals surface area contributed by atoms with Crippen LogP contribution in [0.25, 0.3) is 0 Å². The van der Waals surface area contributed by atoms with E-state index in [4.69, 9.17) is 5.11 Å². The van der Waals surface area contributed by atoms with Gasteiger partial charge in [0, 0.05) is 16.5 Å². The lowest BCUT2D eigenvalue weighted by Gasteiger charge is -2.02. The van der Waals surface area contributed by atoms with E-state index >= 15 is 0 Å². The van der Waals surface area contributed by atoms with Gasteiger partial charge in [0.2, 0.25) is 0 Å². The van der Waals surface area contributed by atoms with E-state index < -0.39 is 10.0 Å². The molecule has 2 heterocycles. The van der Waals surface area contributed by atoms with Gasteiger partial charge in [0.1, 0.15) is 0 Å². The number of aromatic amines is 1. The molecule has 0 spiro atoms. The molecule has 2 aromatic heterocycles. The maximum atomic E-state index is 11.8. The Bertz CT molecular complexity index is 559. The first-order valence-electron chi connectivity index (χ1n) is 4.32. The summed E-state index contributed by atoms with van der Waals surface area (Å²) < 4.78 is 26.0. The minimum Gasteiger partial charge on any atom is -0.391 e. The van der Waals surface area contributed by atoms with Gasteiger partial charge in [-0.3, -0.25) is 9.82 Å². The molecule has 0 amide bonds. The summed E-state index contributed by atoms with van der Waals surface area (Å²) in [5, 5.41) is 16.5. The molecule has 16 heavy (non-hydrogen) atoms. The van der Waals surface area contributed by atoms with E-state index in [1.54, 1.807) is 0 Å². The van der Waals surface area contributed by atoms with Gasteiger partial charge in [-0.2, -0.15) is 5.10 Å². The molecule has 0 bridgehead atoms. The fraction of sp³-hybridized carbons (Fsp3) is 0.125. The number of hydrogen-bond acceptors (Lipinski definition) is 5. The van der Waals surface area contributed by atoms with E-state index in [2.05, 4.69) is 14.9 Å². The van der Waals surface area contributed by atoms with Crippen LogP contribution >= 0.6 is 11.3 Å². The average Bonchev–Trinajstić information content (AvgIpc) is 2.85. The number of thiophene rings is 1. The second kappa shape index (κ2) is 4.24. The highest BCUT2D eigenvalue weighted by Crippen LogP contribution is 2.21. The zero-order valence-electron chi connectivity index (χ0n) is 8.04. The van der Waals surface area contributed by atoms with E-state index in [-0.39, 0.29) is 11.5 Å². The summed E-state index contributed by atoms with van der Waals surface area (Å²) in [5.41, 5.74) is 0.372. The topological polar surface area (TPSA) is 95.1 Å². The molecule has 0 radical (unpaired) electrons. The maximum absolute atomic E-state index is 11.8. The third-order valence-electron chi connectivity index (χ3n) is 1.85. The van der Waals surface area contributed by atoms with Crippen LogP contribution in [0, 0.1) is 0 Å². The molecule has 0 saturated heterocycles. The van der Waals surface area contributed by atoms with Gasteiger partial charge in [-0.25, -0.2) is 8.42 Å². The van der Waals surface area contributed by atoms with Crippen molar-refractivity contribution in [1.82, 2.24) is 10.2 Å². The van der Waals surface area contributed by atoms with Crippen molar-refractivity contribution in [2.24, 2.45) is 0 Å². The van der Waals surface area contributed by atoms with Crippen LogP contribution in [0.4, 0.5) is 5.69 Å². The SMILES string of the molecule is O=S(=O)(Nc1cn[nH]c1)c1csc(CO)c1. The minimum absolute atomic E-state index is 0.141. The van der Waals surface area contributed by atoms with Gasteiger partial charge in [-0.15, -0.1) is 11.3 Å². The lowest BCUT2D eigenvalue weighted by molar-refractivity contribution is 0.285. The Morgan fingerprint density at radius 3 is 2.94 bits per heavy atom. The second-order valence-corrected chi connectivity index (χ2v) is 5.68. The van der Waals surface area contributed by atoms with E-state index in [1.165, 1.54) is 35.2 Å². The molecule has 8 heteroatoms. The molecule has 0 aliphatic carbocycles. The smallest absolute Gasteiger partial charge is 0.262 e. The summed E-state index contributed by atoms with van der Waals surface area (Å²) in [6, 6.07) is 1.44. The summed E-state index contributed by atoms with van der Waals surface area (Å²) in [6.07, 6.45) is 2.81. The van der Waals surface area contributed by atoms with E-state index in [9.17, 15) is 8.42 Å². The van der Waals surface area contributed by atoms with Crippen LogP contribution in [-0.4, -0.2) is 23.7 Å². The molecule has 0 aliphatic heterocycles. The first-order valence-corrected chi connectivity index (χ1v) is 6.68. The number of anilines is 1. The summed E-state index contributed by atoms with van der Waals surface area (Å²) in [5.74, 6) is 0. The molecule has 0 unspecified atom stereocenters. The first-order chi connectivity index (χ1) is 7.62. The van der Waals surface area contributed by atoms with Gasteiger partial charge in [0.05, 0.1) is 23.4 Å². The zero-order chi connectivity index (χ0) is 11.6. The van der Waals surface area contributed by atoms with Gasteiger partial charge < -0.3 is 5.11 Å². The van der Waals surface area contributed by atoms with Crippen molar-refractivity contribution in [3.05, 3.63) is 28.7 Å². The largest absolute Gasteiger partial charge is 0.391 e. The van der Waals surface area contributed by atoms with Crippen molar-refractivity contribution < 1.29 is 13.5 Å². The number of aromatic nitrogens is 2. The highest BCUT2D eigenvalue weighted by Gasteiger charge is 2.16. The van der Waals surface area contributed by atoms with E-state index in [0.29, 0.717) is 10.6 Å². The number of aliphatic hydroxyl groups is 1. The number of H-pyrrole nitrogens is 1. The first kappa shape index (κ1) is 11.1. The van der Waals surface area contributed by atoms with Crippen LogP contribution < -0.4 is 4.72 Å². The normalized spacial score (nSPS) is 11.6. The van der Waals surface area contributed by atoms with E-state index in [0.717, 1.165) is 0 Å². The predicted octanol–water partition coefficient (Wildman–Crippen LogP) is 0.764. The number of rotatable bonds is 4. The summed E-state index contributed by atoms with van der Waals surface area (Å²) in [7, 11) is -3.58. The van der Waals surface area contributed by atoms with Crippen LogP contribution in [0.5, 0.6) is 0 Å². The van der Waals surface area contributed by atoms with Gasteiger partial charge in [0.25, 0.3) is 10.0 Å². The second-order valence-electron chi connectivity index (χ2n) is 3.00. The highest BCUT2D eigenvalue weighted by molar-refractivity contribution is 7.92. The molecular weight excluding hydrogens is 250 g/mol. The van der Waals surface area contributed by atoms with Gasteiger partial charge in [-0.1, -0.05) is 0 Å². The summed E-state index contributed by atoms with van der Waals surface area (Å²) >= 11 is 1.20. The molecule has 0 atom stereocenters. The molecule has 2 aromatic rings. The Kier molecular flexibility index (Phi) is 2.95. The third kappa shape index (κ3) is 2.23. The fourth-order valence-electron chi connectivity index (χ4n) is 1.11. The Morgan fingerprint density at radius 2 is 2.38 bits per heavy atom. The molecule has 0 aliphatic rings. The molecule has 0 fully saturated rings. The maximum Gasteiger partial charge on any atom is 0.262 e. The lowest BCUT2D eigenvalue weighted by atomic mass is 10.5. The Hall–Kier alpha value is -1.38. The Labute approximate surface area is 96.0 Å². The van der Waals surface area contributed by atoms with Crippen molar-refractivity contribution in [1.29, 1.82) is 0 Å². The standard InChI is InChI=1S/C8H9N3O3S2/c12-4-7-1-8(5-15-7)16(13,14)11-6-2-9-10-3-6/h1-3,5,11-12H,4H2,(H,9,10). The minimum atomic E-state index is -3.58.